The molecule has 0 amide bonds. The molecule has 12 aromatic rings. The Balaban J connectivity index is 1.02. The number of fused-ring (bicyclic) bond motifs is 9. The van der Waals surface area contributed by atoms with Gasteiger partial charge in [0.15, 0.2) is 17.5 Å². The lowest BCUT2D eigenvalue weighted by Crippen LogP contribution is -2.00. The molecule has 0 aliphatic rings. The molecule has 266 valence electrons. The maximum atomic E-state index is 6.77. The van der Waals surface area contributed by atoms with Crippen LogP contribution >= 0.6 is 0 Å². The number of rotatable bonds is 5. The molecule has 0 unspecified atom stereocenters. The normalized spacial score (nSPS) is 11.9. The minimum Gasteiger partial charge on any atom is -0.456 e. The summed E-state index contributed by atoms with van der Waals surface area (Å²) in [4.78, 5) is 14.9. The average Bonchev–Trinajstić information content (AvgIpc) is 3.94. The van der Waals surface area contributed by atoms with E-state index in [9.17, 15) is 0 Å². The van der Waals surface area contributed by atoms with E-state index in [2.05, 4.69) is 114 Å². The first kappa shape index (κ1) is 31.5. The number of hydrogen-bond acceptors (Lipinski definition) is 5. The van der Waals surface area contributed by atoms with Gasteiger partial charge in [0, 0.05) is 49.1 Å². The number of benzene rings is 8. The Morgan fingerprint density at radius 3 is 1.65 bits per heavy atom. The summed E-state index contributed by atoms with van der Waals surface area (Å²) in [7, 11) is 0. The van der Waals surface area contributed by atoms with Gasteiger partial charge in [0.25, 0.3) is 0 Å². The van der Waals surface area contributed by atoms with Gasteiger partial charge in [0.1, 0.15) is 22.3 Å². The first-order valence-electron chi connectivity index (χ1n) is 19.0. The van der Waals surface area contributed by atoms with E-state index in [1.807, 2.05) is 72.8 Å². The summed E-state index contributed by atoms with van der Waals surface area (Å²) in [5.41, 5.74) is 11.5. The molecule has 6 nitrogen and oxygen atoms in total. The van der Waals surface area contributed by atoms with Crippen LogP contribution in [0.2, 0.25) is 0 Å². The molecule has 4 aromatic heterocycles. The molecule has 0 saturated carbocycles. The van der Waals surface area contributed by atoms with Gasteiger partial charge in [-0.25, -0.2) is 15.0 Å². The van der Waals surface area contributed by atoms with Crippen LogP contribution in [0.25, 0.3) is 117 Å². The van der Waals surface area contributed by atoms with Crippen molar-refractivity contribution in [2.75, 3.05) is 0 Å². The summed E-state index contributed by atoms with van der Waals surface area (Å²) in [5, 5.41) is 6.38. The van der Waals surface area contributed by atoms with Crippen molar-refractivity contribution in [3.8, 4) is 51.0 Å². The second kappa shape index (κ2) is 12.3. The van der Waals surface area contributed by atoms with Gasteiger partial charge in [-0.1, -0.05) is 127 Å². The Kier molecular flexibility index (Phi) is 6.83. The molecule has 0 radical (unpaired) electrons. The SMILES string of the molecule is c1ccc(-c2ccc3c(c2)c2ccccc2n3-c2ccc3oc4cc5c(cc4c3c2)oc2c(-c3nc(-c4ccccc4)nc(-c4ccccc4)n3)cccc25)cc1. The molecule has 0 saturated heterocycles. The maximum absolute atomic E-state index is 6.77. The summed E-state index contributed by atoms with van der Waals surface area (Å²) in [5.74, 6) is 1.76. The standard InChI is InChI=1S/C51H30N4O2/c1-4-13-31(14-5-1)34-23-25-44-39(27-34)36-19-10-11-22-43(36)55(44)35-24-26-45-40(28-35)42-30-47-41(29-46(42)56-45)37-20-12-21-38(48(37)57-47)51-53-49(32-15-6-2-7-16-32)52-50(54-51)33-17-8-3-9-18-33/h1-30H. The van der Waals surface area contributed by atoms with E-state index in [1.54, 1.807) is 0 Å². The Morgan fingerprint density at radius 2 is 0.912 bits per heavy atom. The summed E-state index contributed by atoms with van der Waals surface area (Å²) >= 11 is 0. The summed E-state index contributed by atoms with van der Waals surface area (Å²) < 4.78 is 15.7. The topological polar surface area (TPSA) is 69.9 Å². The predicted molar refractivity (Wildman–Crippen MR) is 230 cm³/mol. The van der Waals surface area contributed by atoms with E-state index >= 15 is 0 Å². The van der Waals surface area contributed by atoms with Gasteiger partial charge in [-0.3, -0.25) is 0 Å². The molecule has 0 aliphatic carbocycles. The Hall–Kier alpha value is -7.83. The van der Waals surface area contributed by atoms with E-state index in [0.29, 0.717) is 17.5 Å². The fourth-order valence-corrected chi connectivity index (χ4v) is 8.36. The maximum Gasteiger partial charge on any atom is 0.167 e. The Bertz CT molecular complexity index is 3450. The Labute approximate surface area is 325 Å². The molecule has 0 atom stereocenters. The van der Waals surface area contributed by atoms with Crippen molar-refractivity contribution >= 4 is 65.7 Å². The molecular weight excluding hydrogens is 701 g/mol. The van der Waals surface area contributed by atoms with Gasteiger partial charge in [0.2, 0.25) is 0 Å². The van der Waals surface area contributed by atoms with E-state index < -0.39 is 0 Å². The molecule has 8 aromatic carbocycles. The quantitative estimate of drug-likeness (QED) is 0.176. The third-order valence-corrected chi connectivity index (χ3v) is 11.1. The Morgan fingerprint density at radius 1 is 0.333 bits per heavy atom. The van der Waals surface area contributed by atoms with Crippen LogP contribution < -0.4 is 0 Å². The van der Waals surface area contributed by atoms with Crippen LogP contribution in [-0.2, 0) is 0 Å². The van der Waals surface area contributed by atoms with Crippen LogP contribution in [0.5, 0.6) is 0 Å². The van der Waals surface area contributed by atoms with Gasteiger partial charge < -0.3 is 13.4 Å². The fraction of sp³-hybridized carbons (Fsp3) is 0. The zero-order valence-electron chi connectivity index (χ0n) is 30.4. The highest BCUT2D eigenvalue weighted by molar-refractivity contribution is 6.17. The van der Waals surface area contributed by atoms with Gasteiger partial charge in [-0.15, -0.1) is 0 Å². The van der Waals surface area contributed by atoms with Crippen LogP contribution in [0.15, 0.2) is 191 Å². The van der Waals surface area contributed by atoms with Gasteiger partial charge in [-0.05, 0) is 65.7 Å². The van der Waals surface area contributed by atoms with Crippen molar-refractivity contribution in [2.24, 2.45) is 0 Å². The number of furan rings is 2. The molecule has 0 spiro atoms. The zero-order chi connectivity index (χ0) is 37.5. The monoisotopic (exact) mass is 730 g/mol. The third-order valence-electron chi connectivity index (χ3n) is 11.1. The van der Waals surface area contributed by atoms with Gasteiger partial charge >= 0.3 is 0 Å². The van der Waals surface area contributed by atoms with Crippen molar-refractivity contribution in [1.82, 2.24) is 19.5 Å². The molecule has 0 bridgehead atoms. The van der Waals surface area contributed by atoms with Crippen LogP contribution in [0, 0.1) is 0 Å². The minimum atomic E-state index is 0.549. The predicted octanol–water partition coefficient (Wildman–Crippen LogP) is 13.4. The smallest absolute Gasteiger partial charge is 0.167 e. The average molecular weight is 731 g/mol. The molecular formula is C51H30N4O2. The second-order valence-electron chi connectivity index (χ2n) is 14.4. The summed E-state index contributed by atoms with van der Waals surface area (Å²) in [6.07, 6.45) is 0. The second-order valence-corrected chi connectivity index (χ2v) is 14.4. The molecule has 4 heterocycles. The van der Waals surface area contributed by atoms with Crippen LogP contribution in [0.3, 0.4) is 0 Å². The lowest BCUT2D eigenvalue weighted by Gasteiger charge is -2.08. The fourth-order valence-electron chi connectivity index (χ4n) is 8.36. The van der Waals surface area contributed by atoms with Crippen molar-refractivity contribution < 1.29 is 8.83 Å². The van der Waals surface area contributed by atoms with E-state index in [1.165, 1.54) is 21.9 Å². The van der Waals surface area contributed by atoms with Gasteiger partial charge in [-0.2, -0.15) is 0 Å². The summed E-state index contributed by atoms with van der Waals surface area (Å²) in [6.45, 7) is 0. The molecule has 57 heavy (non-hydrogen) atoms. The number of para-hydroxylation sites is 2. The zero-order valence-corrected chi connectivity index (χ0v) is 30.4. The highest BCUT2D eigenvalue weighted by Gasteiger charge is 2.20. The van der Waals surface area contributed by atoms with Crippen molar-refractivity contribution in [2.45, 2.75) is 0 Å². The van der Waals surface area contributed by atoms with Crippen molar-refractivity contribution in [3.05, 3.63) is 182 Å². The number of aromatic nitrogens is 4. The number of nitrogens with zero attached hydrogens (tertiary/aromatic N) is 4. The minimum absolute atomic E-state index is 0.549. The van der Waals surface area contributed by atoms with Crippen molar-refractivity contribution in [3.63, 3.8) is 0 Å². The van der Waals surface area contributed by atoms with E-state index in [4.69, 9.17) is 23.8 Å². The highest BCUT2D eigenvalue weighted by Crippen LogP contribution is 2.41. The number of hydrogen-bond donors (Lipinski definition) is 0. The lowest BCUT2D eigenvalue weighted by atomic mass is 10.0. The van der Waals surface area contributed by atoms with E-state index in [0.717, 1.165) is 77.3 Å². The molecule has 6 heteroatoms. The lowest BCUT2D eigenvalue weighted by molar-refractivity contribution is 0.664. The van der Waals surface area contributed by atoms with Crippen LogP contribution in [0.1, 0.15) is 0 Å². The molecule has 12 rings (SSSR count). The van der Waals surface area contributed by atoms with Gasteiger partial charge in [0.05, 0.1) is 16.6 Å². The van der Waals surface area contributed by atoms with Crippen LogP contribution in [0.4, 0.5) is 0 Å². The third kappa shape index (κ3) is 5.01. The molecule has 0 fully saturated rings. The first-order valence-corrected chi connectivity index (χ1v) is 19.0. The largest absolute Gasteiger partial charge is 0.456 e. The van der Waals surface area contributed by atoms with E-state index in [-0.39, 0.29) is 0 Å². The molecule has 0 aliphatic heterocycles. The van der Waals surface area contributed by atoms with Crippen LogP contribution in [-0.4, -0.2) is 19.5 Å². The highest BCUT2D eigenvalue weighted by atomic mass is 16.3. The van der Waals surface area contributed by atoms with Crippen molar-refractivity contribution in [1.29, 1.82) is 0 Å². The first-order chi connectivity index (χ1) is 28.2. The summed E-state index contributed by atoms with van der Waals surface area (Å²) in [6, 6.07) is 62.8. The molecule has 0 N–H and O–H groups in total.